The van der Waals surface area contributed by atoms with Crippen LogP contribution in [0.25, 0.3) is 11.0 Å². The molecule has 0 spiro atoms. The number of likely N-dealkylation sites (tertiary alicyclic amines) is 2. The molecule has 4 amide bonds. The smallest absolute Gasteiger partial charge is 0.254 e. The predicted octanol–water partition coefficient (Wildman–Crippen LogP) is 4.39. The third kappa shape index (κ3) is 9.22. The van der Waals surface area contributed by atoms with Gasteiger partial charge in [-0.2, -0.15) is 0 Å². The first-order valence-corrected chi connectivity index (χ1v) is 17.8. The number of hydrogen-bond acceptors (Lipinski definition) is 8. The lowest BCUT2D eigenvalue weighted by Gasteiger charge is -2.39. The number of carbonyl (C=O) groups excluding carboxylic acids is 4. The maximum absolute atomic E-state index is 13.7. The van der Waals surface area contributed by atoms with Crippen LogP contribution in [0.3, 0.4) is 0 Å². The topological polar surface area (TPSA) is 143 Å². The van der Waals surface area contributed by atoms with Gasteiger partial charge >= 0.3 is 0 Å². The van der Waals surface area contributed by atoms with Gasteiger partial charge in [-0.15, -0.1) is 0 Å². The van der Waals surface area contributed by atoms with E-state index in [1.807, 2.05) is 13.8 Å². The Hall–Kier alpha value is -5.52. The molecule has 12 nitrogen and oxygen atoms in total. The van der Waals surface area contributed by atoms with Gasteiger partial charge < -0.3 is 29.9 Å². The van der Waals surface area contributed by atoms with Crippen molar-refractivity contribution in [1.29, 1.82) is 0 Å². The lowest BCUT2D eigenvalue weighted by atomic mass is 9.79. The number of hydrogen-bond donors (Lipinski definition) is 2. The van der Waals surface area contributed by atoms with E-state index in [4.69, 9.17) is 9.47 Å². The highest BCUT2D eigenvalue weighted by atomic mass is 16.5. The highest BCUT2D eigenvalue weighted by Gasteiger charge is 2.48. The lowest BCUT2D eigenvalue weighted by molar-refractivity contribution is -0.131. The molecule has 3 atom stereocenters. The van der Waals surface area contributed by atoms with Crippen LogP contribution in [0, 0.1) is 17.8 Å². The number of likely N-dealkylation sites (N-methyl/N-ethyl adjacent to an activating group) is 1. The van der Waals surface area contributed by atoms with Crippen molar-refractivity contribution >= 4 is 34.7 Å². The number of benzene rings is 3. The van der Waals surface area contributed by atoms with E-state index in [9.17, 15) is 19.2 Å². The summed E-state index contributed by atoms with van der Waals surface area (Å²) in [5, 5.41) is 5.21. The Bertz CT molecular complexity index is 1870. The molecule has 274 valence electrons. The average molecular weight is 709 g/mol. The second-order valence-corrected chi connectivity index (χ2v) is 13.4. The molecule has 3 heterocycles. The number of amides is 4. The molecule has 0 saturated carbocycles. The Labute approximate surface area is 304 Å². The Balaban J connectivity index is 0.000000507. The molecule has 3 aromatic carbocycles. The van der Waals surface area contributed by atoms with Crippen LogP contribution in [0.5, 0.6) is 11.5 Å². The highest BCUT2D eigenvalue weighted by molar-refractivity contribution is 5.98. The molecule has 1 aromatic heterocycles. The van der Waals surface area contributed by atoms with Crippen LogP contribution in [-0.4, -0.2) is 96.4 Å². The number of carbonyl (C=O) groups is 4. The monoisotopic (exact) mass is 708 g/mol. The number of ether oxygens (including phenoxy) is 2. The average Bonchev–Trinajstić information content (AvgIpc) is 3.61. The maximum atomic E-state index is 13.7. The molecule has 0 aliphatic carbocycles. The summed E-state index contributed by atoms with van der Waals surface area (Å²) in [5.41, 5.74) is 3.60. The van der Waals surface area contributed by atoms with Crippen molar-refractivity contribution in [3.8, 4) is 11.5 Å². The number of methoxy groups -OCH3 is 1. The third-order valence-electron chi connectivity index (χ3n) is 9.36. The van der Waals surface area contributed by atoms with Gasteiger partial charge in [-0.25, -0.2) is 0 Å². The van der Waals surface area contributed by atoms with Gasteiger partial charge in [0.2, 0.25) is 11.8 Å². The maximum Gasteiger partial charge on any atom is 0.254 e. The first-order valence-electron chi connectivity index (χ1n) is 17.8. The fourth-order valence-electron chi connectivity index (χ4n) is 6.82. The number of aromatic nitrogens is 2. The summed E-state index contributed by atoms with van der Waals surface area (Å²) in [6.45, 7) is 7.12. The normalized spacial score (nSPS) is 17.8. The highest BCUT2D eigenvalue weighted by Crippen LogP contribution is 2.37. The molecule has 52 heavy (non-hydrogen) atoms. The summed E-state index contributed by atoms with van der Waals surface area (Å²) in [4.78, 5) is 64.6. The lowest BCUT2D eigenvalue weighted by Crippen LogP contribution is -2.53. The number of nitrogens with zero attached hydrogens (tertiary/aromatic N) is 4. The first-order chi connectivity index (χ1) is 25.1. The van der Waals surface area contributed by atoms with E-state index >= 15 is 0 Å². The fourth-order valence-corrected chi connectivity index (χ4v) is 6.82. The number of rotatable bonds is 10. The van der Waals surface area contributed by atoms with Gasteiger partial charge in [-0.05, 0) is 74.1 Å². The van der Waals surface area contributed by atoms with Crippen LogP contribution < -0.4 is 20.1 Å². The summed E-state index contributed by atoms with van der Waals surface area (Å²) < 4.78 is 11.3. The summed E-state index contributed by atoms with van der Waals surface area (Å²) in [5.74, 6) is -1.01. The molecule has 0 radical (unpaired) electrons. The standard InChI is InChI=1S/C31H36N6O6.C9H12/c1-18(2)43-26-8-6-20(12-27(26)42-4)31(41)36-14-21-15-37(17-23(22(21)16-36)29(39)35-13-28(38)32-3)30(40)19-5-7-24-25(11-19)34-10-9-33-24;1-2-6-9-7-4-3-5-8-9/h5-12,18,21-23H,13-17H2,1-4H3,(H,32,38)(H,35,39);3-5,7-8H,2,6H2,1H3. The largest absolute Gasteiger partial charge is 0.493 e. The summed E-state index contributed by atoms with van der Waals surface area (Å²) in [6.07, 6.45) is 5.55. The molecule has 6 rings (SSSR count). The Kier molecular flexibility index (Phi) is 12.8. The zero-order valence-electron chi connectivity index (χ0n) is 30.5. The van der Waals surface area contributed by atoms with Crippen LogP contribution in [0.2, 0.25) is 0 Å². The summed E-state index contributed by atoms with van der Waals surface area (Å²) in [6, 6.07) is 20.8. The van der Waals surface area contributed by atoms with Crippen LogP contribution >= 0.6 is 0 Å². The van der Waals surface area contributed by atoms with Crippen molar-refractivity contribution in [1.82, 2.24) is 30.4 Å². The van der Waals surface area contributed by atoms with E-state index in [1.54, 1.807) is 58.6 Å². The number of piperidine rings is 1. The van der Waals surface area contributed by atoms with Crippen molar-refractivity contribution in [3.63, 3.8) is 0 Å². The van der Waals surface area contributed by atoms with Crippen molar-refractivity contribution in [2.24, 2.45) is 17.8 Å². The molecule has 2 aliphatic rings. The van der Waals surface area contributed by atoms with Crippen molar-refractivity contribution in [3.05, 3.63) is 95.8 Å². The number of nitrogens with one attached hydrogen (secondary N) is 2. The molecule has 4 aromatic rings. The fraction of sp³-hybridized carbons (Fsp3) is 0.400. The van der Waals surface area contributed by atoms with Gasteiger partial charge in [-0.1, -0.05) is 43.7 Å². The summed E-state index contributed by atoms with van der Waals surface area (Å²) >= 11 is 0. The SMILES string of the molecule is CCCc1ccccc1.CNC(=O)CNC(=O)C1CN(C(=O)c2ccc3nccnc3c2)CC2CN(C(=O)c3ccc(OC(C)C)c(OC)c3)CC21. The molecular formula is C40H48N6O6. The minimum atomic E-state index is -0.609. The van der Waals surface area contributed by atoms with E-state index in [0.717, 1.165) is 0 Å². The van der Waals surface area contributed by atoms with Crippen molar-refractivity contribution in [2.45, 2.75) is 39.7 Å². The zero-order chi connectivity index (χ0) is 37.2. The Morgan fingerprint density at radius 1 is 0.827 bits per heavy atom. The molecule has 2 saturated heterocycles. The van der Waals surface area contributed by atoms with Crippen LogP contribution in [-0.2, 0) is 16.0 Å². The van der Waals surface area contributed by atoms with E-state index in [1.165, 1.54) is 32.6 Å². The van der Waals surface area contributed by atoms with Crippen LogP contribution in [0.1, 0.15) is 53.5 Å². The zero-order valence-corrected chi connectivity index (χ0v) is 30.5. The van der Waals surface area contributed by atoms with E-state index in [-0.39, 0.29) is 54.7 Å². The molecule has 2 N–H and O–H groups in total. The third-order valence-corrected chi connectivity index (χ3v) is 9.36. The molecule has 12 heteroatoms. The molecule has 3 unspecified atom stereocenters. The summed E-state index contributed by atoms with van der Waals surface area (Å²) in [7, 11) is 3.02. The van der Waals surface area contributed by atoms with E-state index in [2.05, 4.69) is 57.9 Å². The molecular weight excluding hydrogens is 660 g/mol. The Morgan fingerprint density at radius 3 is 2.13 bits per heavy atom. The minimum Gasteiger partial charge on any atom is -0.493 e. The molecule has 0 bridgehead atoms. The van der Waals surface area contributed by atoms with Gasteiger partial charge in [0.25, 0.3) is 11.8 Å². The van der Waals surface area contributed by atoms with E-state index < -0.39 is 5.92 Å². The Morgan fingerprint density at radius 2 is 1.48 bits per heavy atom. The second-order valence-electron chi connectivity index (χ2n) is 13.4. The van der Waals surface area contributed by atoms with Crippen LogP contribution in [0.4, 0.5) is 0 Å². The second kappa shape index (κ2) is 17.6. The first kappa shape index (κ1) is 37.7. The van der Waals surface area contributed by atoms with Gasteiger partial charge in [0, 0.05) is 56.7 Å². The van der Waals surface area contributed by atoms with Crippen molar-refractivity contribution < 1.29 is 28.7 Å². The predicted molar refractivity (Wildman–Crippen MR) is 198 cm³/mol. The molecule has 2 fully saturated rings. The van der Waals surface area contributed by atoms with Gasteiger partial charge in [-0.3, -0.25) is 29.1 Å². The number of aryl methyl sites for hydroxylation is 1. The van der Waals surface area contributed by atoms with E-state index in [0.29, 0.717) is 53.3 Å². The molecule has 2 aliphatic heterocycles. The van der Waals surface area contributed by atoms with Gasteiger partial charge in [0.1, 0.15) is 0 Å². The van der Waals surface area contributed by atoms with Crippen LogP contribution in [0.15, 0.2) is 79.1 Å². The minimum absolute atomic E-state index is 0.0585. The number of fused-ring (bicyclic) bond motifs is 2. The van der Waals surface area contributed by atoms with Gasteiger partial charge in [0.05, 0.1) is 36.7 Å². The van der Waals surface area contributed by atoms with Crippen molar-refractivity contribution in [2.75, 3.05) is 46.9 Å². The van der Waals surface area contributed by atoms with Gasteiger partial charge in [0.15, 0.2) is 11.5 Å². The quantitative estimate of drug-likeness (QED) is 0.247.